The zero-order valence-corrected chi connectivity index (χ0v) is 25.1. The van der Waals surface area contributed by atoms with Crippen molar-refractivity contribution in [3.63, 3.8) is 0 Å². The van der Waals surface area contributed by atoms with Crippen LogP contribution < -0.4 is 4.74 Å². The number of rotatable bonds is 9. The summed E-state index contributed by atoms with van der Waals surface area (Å²) in [5.74, 6) is -1.03. The van der Waals surface area contributed by atoms with Crippen molar-refractivity contribution in [1.29, 1.82) is 0 Å². The van der Waals surface area contributed by atoms with Gasteiger partial charge >= 0.3 is 0 Å². The first-order valence-corrected chi connectivity index (χ1v) is 14.5. The summed E-state index contributed by atoms with van der Waals surface area (Å²) < 4.78 is 5.70. The van der Waals surface area contributed by atoms with Crippen LogP contribution in [0.4, 0.5) is 0 Å². The Kier molecular flexibility index (Phi) is 8.63. The van der Waals surface area contributed by atoms with Crippen LogP contribution in [0.3, 0.4) is 0 Å². The molecule has 5 nitrogen and oxygen atoms in total. The molecule has 0 heterocycles. The summed E-state index contributed by atoms with van der Waals surface area (Å²) in [5, 5.41) is 0. The van der Waals surface area contributed by atoms with Gasteiger partial charge in [-0.3, -0.25) is 19.2 Å². The summed E-state index contributed by atoms with van der Waals surface area (Å²) >= 11 is 0. The molecule has 0 radical (unpaired) electrons. The fraction of sp³-hybridized carbons (Fsp3) is 0.486. The molecule has 2 aromatic carbocycles. The van der Waals surface area contributed by atoms with Gasteiger partial charge in [0.25, 0.3) is 0 Å². The molecule has 0 N–H and O–H groups in total. The minimum atomic E-state index is -0.636. The second-order valence-electron chi connectivity index (χ2n) is 12.4. The Bertz CT molecular complexity index is 1380. The third-order valence-corrected chi connectivity index (χ3v) is 9.17. The van der Waals surface area contributed by atoms with E-state index in [0.717, 1.165) is 19.3 Å². The number of hydrogen-bond donors (Lipinski definition) is 0. The number of ketones is 4. The topological polar surface area (TPSA) is 77.5 Å². The molecule has 4 unspecified atom stereocenters. The number of aryl methyl sites for hydroxylation is 1. The van der Waals surface area contributed by atoms with E-state index in [1.807, 2.05) is 0 Å². The summed E-state index contributed by atoms with van der Waals surface area (Å²) in [7, 11) is 1.52. The van der Waals surface area contributed by atoms with Crippen molar-refractivity contribution in [2.75, 3.05) is 7.11 Å². The van der Waals surface area contributed by atoms with Crippen LogP contribution in [-0.4, -0.2) is 30.2 Å². The van der Waals surface area contributed by atoms with Gasteiger partial charge in [-0.25, -0.2) is 0 Å². The van der Waals surface area contributed by atoms with Crippen molar-refractivity contribution >= 4 is 28.7 Å². The highest BCUT2D eigenvalue weighted by Gasteiger charge is 2.41. The highest BCUT2D eigenvalue weighted by molar-refractivity contribution is 6.55. The highest BCUT2D eigenvalue weighted by Crippen LogP contribution is 2.47. The number of benzene rings is 2. The van der Waals surface area contributed by atoms with Crippen LogP contribution in [0, 0.1) is 36.5 Å². The fourth-order valence-corrected chi connectivity index (χ4v) is 6.79. The average Bonchev–Trinajstić information content (AvgIpc) is 3.20. The number of allylic oxidation sites excluding steroid dienone is 2. The molecular formula is C35H42O5. The van der Waals surface area contributed by atoms with Crippen LogP contribution in [0.15, 0.2) is 42.0 Å². The number of methoxy groups -OCH3 is 1. The van der Waals surface area contributed by atoms with E-state index < -0.39 is 23.4 Å². The Labute approximate surface area is 238 Å². The molecule has 0 aliphatic heterocycles. The molecule has 0 bridgehead atoms. The van der Waals surface area contributed by atoms with Crippen molar-refractivity contribution in [2.45, 2.75) is 73.6 Å². The van der Waals surface area contributed by atoms with E-state index in [-0.39, 0.29) is 29.0 Å². The summed E-state index contributed by atoms with van der Waals surface area (Å²) in [6.45, 7) is 13.1. The van der Waals surface area contributed by atoms with Crippen molar-refractivity contribution in [2.24, 2.45) is 29.6 Å². The highest BCUT2D eigenvalue weighted by atomic mass is 16.5. The maximum Gasteiger partial charge on any atom is 0.229 e. The Morgan fingerprint density at radius 3 is 2.17 bits per heavy atom. The molecule has 212 valence electrons. The Morgan fingerprint density at radius 1 is 0.950 bits per heavy atom. The summed E-state index contributed by atoms with van der Waals surface area (Å²) in [6, 6.07) is 12.1. The van der Waals surface area contributed by atoms with E-state index in [4.69, 9.17) is 4.74 Å². The van der Waals surface area contributed by atoms with Gasteiger partial charge in [0.05, 0.1) is 18.6 Å². The lowest BCUT2D eigenvalue weighted by molar-refractivity contribution is -0.135. The lowest BCUT2D eigenvalue weighted by Gasteiger charge is -2.38. The van der Waals surface area contributed by atoms with Crippen LogP contribution in [0.5, 0.6) is 5.75 Å². The van der Waals surface area contributed by atoms with E-state index in [9.17, 15) is 19.2 Å². The number of Topliss-reactive ketones (excluding diaryl/α,β-unsaturated/α-hetero) is 4. The van der Waals surface area contributed by atoms with Gasteiger partial charge in [-0.1, -0.05) is 57.5 Å². The Morgan fingerprint density at radius 2 is 1.60 bits per heavy atom. The van der Waals surface area contributed by atoms with Gasteiger partial charge in [-0.2, -0.15) is 0 Å². The van der Waals surface area contributed by atoms with Gasteiger partial charge in [0, 0.05) is 17.4 Å². The van der Waals surface area contributed by atoms with Crippen molar-refractivity contribution < 1.29 is 23.9 Å². The quantitative estimate of drug-likeness (QED) is 0.252. The van der Waals surface area contributed by atoms with Crippen LogP contribution in [-0.2, 0) is 20.8 Å². The Balaban J connectivity index is 1.68. The van der Waals surface area contributed by atoms with Crippen LogP contribution >= 0.6 is 0 Å². The minimum Gasteiger partial charge on any atom is -0.496 e. The van der Waals surface area contributed by atoms with Crippen molar-refractivity contribution in [3.8, 4) is 5.75 Å². The van der Waals surface area contributed by atoms with Gasteiger partial charge in [0.2, 0.25) is 11.6 Å². The normalized spacial score (nSPS) is 24.2. The largest absolute Gasteiger partial charge is 0.496 e. The molecule has 40 heavy (non-hydrogen) atoms. The van der Waals surface area contributed by atoms with Gasteiger partial charge in [0.15, 0.2) is 5.78 Å². The first kappa shape index (κ1) is 29.6. The standard InChI is InChI=1S/C35H42O5/c1-18(2)33(37)35(39)32-22(6)31(23(7)36)28-17-30(40-8)29(16-27(28)32)34(38)26-14-20(4)25(13-21(26)5)15-24-11-9-19(3)10-12-24/h9-12,16-18,20-21,25-26,31H,13-15H2,1-8H3/t20?,21-,25?,26?,31?/m1/s1. The van der Waals surface area contributed by atoms with Crippen LogP contribution in [0.25, 0.3) is 5.57 Å². The molecule has 2 aromatic rings. The number of carbonyl (C=O) groups is 4. The van der Waals surface area contributed by atoms with E-state index in [2.05, 4.69) is 45.0 Å². The third-order valence-electron chi connectivity index (χ3n) is 9.17. The van der Waals surface area contributed by atoms with Crippen LogP contribution in [0.1, 0.15) is 92.9 Å². The molecular weight excluding hydrogens is 500 g/mol. The number of carbonyl (C=O) groups excluding carboxylic acids is 4. The maximum absolute atomic E-state index is 14.1. The van der Waals surface area contributed by atoms with Crippen molar-refractivity contribution in [3.05, 3.63) is 69.8 Å². The molecule has 2 aliphatic rings. The molecule has 1 fully saturated rings. The zero-order chi connectivity index (χ0) is 29.5. The maximum atomic E-state index is 14.1. The second kappa shape index (κ2) is 11.6. The molecule has 2 aliphatic carbocycles. The minimum absolute atomic E-state index is 0.00120. The number of ether oxygens (including phenoxy) is 1. The predicted octanol–water partition coefficient (Wildman–Crippen LogP) is 6.98. The Hall–Kier alpha value is -3.34. The SMILES string of the molecule is COc1cc2c(cc1C(=O)C1CC(C)C(Cc3ccc(C)cc3)C[C@H]1C)C(C(=O)C(=O)C(C)C)=C(C)C2C(C)=O. The fourth-order valence-electron chi connectivity index (χ4n) is 6.79. The molecule has 0 spiro atoms. The molecule has 1 saturated carbocycles. The number of fused-ring (bicyclic) bond motifs is 1. The molecule has 0 saturated heterocycles. The van der Waals surface area contributed by atoms with E-state index >= 15 is 0 Å². The lowest BCUT2D eigenvalue weighted by atomic mass is 9.66. The summed E-state index contributed by atoms with van der Waals surface area (Å²) in [4.78, 5) is 52.9. The monoisotopic (exact) mass is 542 g/mol. The number of hydrogen-bond acceptors (Lipinski definition) is 5. The van der Waals surface area contributed by atoms with Gasteiger partial charge < -0.3 is 4.74 Å². The lowest BCUT2D eigenvalue weighted by Crippen LogP contribution is -2.35. The second-order valence-corrected chi connectivity index (χ2v) is 12.4. The van der Waals surface area contributed by atoms with Crippen LogP contribution in [0.2, 0.25) is 0 Å². The molecule has 0 aromatic heterocycles. The summed E-state index contributed by atoms with van der Waals surface area (Å²) in [5.41, 5.74) is 4.95. The molecule has 4 rings (SSSR count). The molecule has 0 amide bonds. The third kappa shape index (κ3) is 5.48. The van der Waals surface area contributed by atoms with E-state index in [1.165, 1.54) is 25.2 Å². The smallest absolute Gasteiger partial charge is 0.229 e. The molecule has 5 atom stereocenters. The van der Waals surface area contributed by atoms with Gasteiger partial charge in [-0.15, -0.1) is 0 Å². The average molecular weight is 543 g/mol. The first-order valence-electron chi connectivity index (χ1n) is 14.5. The van der Waals surface area contributed by atoms with Crippen molar-refractivity contribution in [1.82, 2.24) is 0 Å². The first-order chi connectivity index (χ1) is 18.8. The van der Waals surface area contributed by atoms with Gasteiger partial charge in [-0.05, 0) is 92.2 Å². The van der Waals surface area contributed by atoms with E-state index in [0.29, 0.717) is 39.8 Å². The van der Waals surface area contributed by atoms with Gasteiger partial charge in [0.1, 0.15) is 11.5 Å². The molecule has 5 heteroatoms. The zero-order valence-electron chi connectivity index (χ0n) is 25.1. The predicted molar refractivity (Wildman–Crippen MR) is 158 cm³/mol. The summed E-state index contributed by atoms with van der Waals surface area (Å²) in [6.07, 6.45) is 2.73. The van der Waals surface area contributed by atoms with E-state index in [1.54, 1.807) is 32.9 Å².